The molecule has 0 bridgehead atoms. The fourth-order valence-corrected chi connectivity index (χ4v) is 2.32. The summed E-state index contributed by atoms with van der Waals surface area (Å²) in [6, 6.07) is 13.1. The van der Waals surface area contributed by atoms with Gasteiger partial charge in [0.1, 0.15) is 6.61 Å². The first-order valence-electron chi connectivity index (χ1n) is 7.31. The predicted octanol–water partition coefficient (Wildman–Crippen LogP) is 1.48. The van der Waals surface area contributed by atoms with E-state index < -0.39 is 34.8 Å². The van der Waals surface area contributed by atoms with E-state index in [1.54, 1.807) is 30.3 Å². The second-order valence-corrected chi connectivity index (χ2v) is 6.52. The lowest BCUT2D eigenvalue weighted by Crippen LogP contribution is -2.33. The fourth-order valence-electron chi connectivity index (χ4n) is 1.84. The molecule has 0 fully saturated rings. The molecule has 0 aliphatic rings. The Morgan fingerprint density at radius 1 is 0.962 bits per heavy atom. The first kappa shape index (κ1) is 19.4. The molecule has 2 amide bonds. The molecule has 4 N–H and O–H groups in total. The monoisotopic (exact) mass is 380 g/mol. The van der Waals surface area contributed by atoms with Crippen molar-refractivity contribution >= 4 is 33.5 Å². The van der Waals surface area contributed by atoms with Crippen LogP contribution in [0.25, 0.3) is 0 Å². The summed E-state index contributed by atoms with van der Waals surface area (Å²) in [7, 11) is -4.33. The van der Waals surface area contributed by atoms with Crippen LogP contribution in [0.4, 0.5) is 16.2 Å². The van der Waals surface area contributed by atoms with Crippen LogP contribution in [0.3, 0.4) is 0 Å². The van der Waals surface area contributed by atoms with Gasteiger partial charge < -0.3 is 15.2 Å². The van der Waals surface area contributed by atoms with Gasteiger partial charge in [-0.15, -0.1) is 0 Å². The highest BCUT2D eigenvalue weighted by molar-refractivity contribution is 7.85. The van der Waals surface area contributed by atoms with Gasteiger partial charge in [-0.3, -0.25) is 14.7 Å². The molecule has 0 aromatic heterocycles. The molecular weight excluding hydrogens is 364 g/mol. The Hall–Kier alpha value is -2.95. The Labute approximate surface area is 149 Å². The molecule has 0 saturated heterocycles. The number of para-hydroxylation sites is 1. The highest BCUT2D eigenvalue weighted by atomic mass is 32.2. The number of ether oxygens (including phenoxy) is 1. The molecule has 138 valence electrons. The van der Waals surface area contributed by atoms with Crippen molar-refractivity contribution < 1.29 is 32.4 Å². The predicted molar refractivity (Wildman–Crippen MR) is 92.3 cm³/mol. The van der Waals surface area contributed by atoms with Gasteiger partial charge in [0.25, 0.3) is 16.0 Å². The van der Waals surface area contributed by atoms with E-state index in [0.717, 1.165) is 12.1 Å². The maximum absolute atomic E-state index is 11.8. The van der Waals surface area contributed by atoms with Crippen LogP contribution in [0.15, 0.2) is 59.5 Å². The third kappa shape index (κ3) is 5.84. The Balaban J connectivity index is 1.82. The van der Waals surface area contributed by atoms with Gasteiger partial charge in [-0.1, -0.05) is 18.2 Å². The van der Waals surface area contributed by atoms with Crippen LogP contribution in [0.1, 0.15) is 0 Å². The molecule has 0 spiro atoms. The zero-order chi connectivity index (χ0) is 19.2. The van der Waals surface area contributed by atoms with Crippen LogP contribution in [0.2, 0.25) is 0 Å². The number of amides is 2. The van der Waals surface area contributed by atoms with Crippen molar-refractivity contribution in [2.45, 2.75) is 11.0 Å². The number of hydrogen-bond acceptors (Lipinski definition) is 6. The van der Waals surface area contributed by atoms with Crippen LogP contribution in [-0.2, 0) is 19.6 Å². The van der Waals surface area contributed by atoms with E-state index in [9.17, 15) is 23.1 Å². The molecule has 2 aromatic carbocycles. The van der Waals surface area contributed by atoms with E-state index >= 15 is 0 Å². The summed E-state index contributed by atoms with van der Waals surface area (Å²) in [5, 5.41) is 14.5. The molecule has 0 heterocycles. The van der Waals surface area contributed by atoms with Crippen molar-refractivity contribution in [2.24, 2.45) is 0 Å². The van der Waals surface area contributed by atoms with E-state index in [4.69, 9.17) is 9.29 Å². The minimum Gasteiger partial charge on any atom is -0.446 e. The number of hydrogen-bond donors (Lipinski definition) is 4. The number of aliphatic hydroxyl groups excluding tert-OH is 1. The molecule has 10 heteroatoms. The van der Waals surface area contributed by atoms with E-state index in [1.807, 2.05) is 0 Å². The lowest BCUT2D eigenvalue weighted by molar-refractivity contribution is -0.125. The third-order valence-corrected chi connectivity index (χ3v) is 3.98. The molecule has 1 atom stereocenters. The van der Waals surface area contributed by atoms with Crippen molar-refractivity contribution in [3.63, 3.8) is 0 Å². The standard InChI is InChI=1S/C16H16N2O7S/c19-14(10-25-16(21)18-11-4-2-1-3-5-11)15(20)17-12-6-8-13(9-7-12)26(22,23)24/h1-9,14,19H,10H2,(H,17,20)(H,18,21)(H,22,23,24). The molecule has 0 saturated carbocycles. The minimum absolute atomic E-state index is 0.190. The molecule has 1 unspecified atom stereocenters. The van der Waals surface area contributed by atoms with Crippen LogP contribution in [0, 0.1) is 0 Å². The SMILES string of the molecule is O=C(Nc1ccccc1)OCC(O)C(=O)Nc1ccc(S(=O)(=O)O)cc1. The smallest absolute Gasteiger partial charge is 0.411 e. The molecule has 0 aliphatic carbocycles. The summed E-state index contributed by atoms with van der Waals surface area (Å²) >= 11 is 0. The largest absolute Gasteiger partial charge is 0.446 e. The van der Waals surface area contributed by atoms with Gasteiger partial charge in [-0.25, -0.2) is 4.79 Å². The number of nitrogens with one attached hydrogen (secondary N) is 2. The maximum atomic E-state index is 11.8. The van der Waals surface area contributed by atoms with Crippen molar-refractivity contribution in [1.82, 2.24) is 0 Å². The third-order valence-electron chi connectivity index (χ3n) is 3.11. The van der Waals surface area contributed by atoms with Gasteiger partial charge in [0.2, 0.25) is 0 Å². The van der Waals surface area contributed by atoms with Gasteiger partial charge in [0.15, 0.2) is 6.10 Å². The van der Waals surface area contributed by atoms with Crippen molar-refractivity contribution in [1.29, 1.82) is 0 Å². The van der Waals surface area contributed by atoms with E-state index in [-0.39, 0.29) is 10.6 Å². The van der Waals surface area contributed by atoms with E-state index in [0.29, 0.717) is 5.69 Å². The summed E-state index contributed by atoms with van der Waals surface area (Å²) in [5.74, 6) is -0.850. The maximum Gasteiger partial charge on any atom is 0.411 e. The molecule has 9 nitrogen and oxygen atoms in total. The zero-order valence-corrected chi connectivity index (χ0v) is 14.1. The van der Waals surface area contributed by atoms with Gasteiger partial charge >= 0.3 is 6.09 Å². The Bertz CT molecular complexity index is 867. The Kier molecular flexibility index (Phi) is 6.28. The Morgan fingerprint density at radius 3 is 2.12 bits per heavy atom. The molecule has 26 heavy (non-hydrogen) atoms. The summed E-state index contributed by atoms with van der Waals surface area (Å²) in [6.07, 6.45) is -2.46. The lowest BCUT2D eigenvalue weighted by atomic mass is 10.3. The van der Waals surface area contributed by atoms with Crippen molar-refractivity contribution in [3.8, 4) is 0 Å². The van der Waals surface area contributed by atoms with Gasteiger partial charge in [-0.2, -0.15) is 8.42 Å². The number of carbonyl (C=O) groups is 2. The number of anilines is 2. The summed E-state index contributed by atoms with van der Waals surface area (Å²) in [6.45, 7) is -0.576. The van der Waals surface area contributed by atoms with Gasteiger partial charge in [0.05, 0.1) is 4.90 Å². The fraction of sp³-hybridized carbons (Fsp3) is 0.125. The highest BCUT2D eigenvalue weighted by Gasteiger charge is 2.18. The minimum atomic E-state index is -4.33. The molecule has 2 aromatic rings. The second kappa shape index (κ2) is 8.43. The van der Waals surface area contributed by atoms with Crippen molar-refractivity contribution in [2.75, 3.05) is 17.2 Å². The number of carbonyl (C=O) groups excluding carboxylic acids is 2. The molecule has 0 aliphatic heterocycles. The average molecular weight is 380 g/mol. The summed E-state index contributed by atoms with van der Waals surface area (Å²) < 4.78 is 35.5. The number of aliphatic hydroxyl groups is 1. The van der Waals surface area contributed by atoms with Gasteiger partial charge in [0, 0.05) is 11.4 Å². The first-order chi connectivity index (χ1) is 12.3. The average Bonchev–Trinajstić information content (AvgIpc) is 2.60. The van der Waals surface area contributed by atoms with E-state index in [1.165, 1.54) is 12.1 Å². The number of rotatable bonds is 6. The lowest BCUT2D eigenvalue weighted by Gasteiger charge is -2.12. The zero-order valence-electron chi connectivity index (χ0n) is 13.3. The van der Waals surface area contributed by atoms with Crippen LogP contribution in [0.5, 0.6) is 0 Å². The molecule has 2 rings (SSSR count). The highest BCUT2D eigenvalue weighted by Crippen LogP contribution is 2.14. The van der Waals surface area contributed by atoms with Crippen LogP contribution >= 0.6 is 0 Å². The van der Waals surface area contributed by atoms with Gasteiger partial charge in [-0.05, 0) is 36.4 Å². The molecular formula is C16H16N2O7S. The quantitative estimate of drug-likeness (QED) is 0.556. The first-order valence-corrected chi connectivity index (χ1v) is 8.75. The normalized spacial score (nSPS) is 12.1. The van der Waals surface area contributed by atoms with Crippen molar-refractivity contribution in [3.05, 3.63) is 54.6 Å². The Morgan fingerprint density at radius 2 is 1.54 bits per heavy atom. The second-order valence-electron chi connectivity index (χ2n) is 5.09. The van der Waals surface area contributed by atoms with Crippen LogP contribution < -0.4 is 10.6 Å². The molecule has 0 radical (unpaired) electrons. The summed E-state index contributed by atoms with van der Waals surface area (Å²) in [4.78, 5) is 23.1. The van der Waals surface area contributed by atoms with Crippen LogP contribution in [-0.4, -0.2) is 42.8 Å². The number of benzene rings is 2. The topological polar surface area (TPSA) is 142 Å². The van der Waals surface area contributed by atoms with E-state index in [2.05, 4.69) is 10.6 Å². The summed E-state index contributed by atoms with van der Waals surface area (Å²) in [5.41, 5.74) is 0.686.